The summed E-state index contributed by atoms with van der Waals surface area (Å²) in [5.41, 5.74) is 11.1. The first-order chi connectivity index (χ1) is 31.0. The molecule has 0 spiro atoms. The Bertz CT molecular complexity index is 3420. The number of hydrogen-bond acceptors (Lipinski definition) is 8. The van der Waals surface area contributed by atoms with Gasteiger partial charge in [0.05, 0.1) is 63.3 Å². The van der Waals surface area contributed by atoms with Gasteiger partial charge in [-0.15, -0.1) is 0 Å². The van der Waals surface area contributed by atoms with Crippen molar-refractivity contribution in [2.75, 3.05) is 0 Å². The van der Waals surface area contributed by atoms with Crippen molar-refractivity contribution in [2.45, 2.75) is 0 Å². The lowest BCUT2D eigenvalue weighted by molar-refractivity contribution is 1.07. The second-order valence-electron chi connectivity index (χ2n) is 14.8. The van der Waals surface area contributed by atoms with E-state index in [1.807, 2.05) is 115 Å². The van der Waals surface area contributed by atoms with Crippen LogP contribution in [0.3, 0.4) is 0 Å². The van der Waals surface area contributed by atoms with Crippen LogP contribution in [0.4, 0.5) is 0 Å². The Morgan fingerprint density at radius 1 is 0.381 bits per heavy atom. The monoisotopic (exact) mass is 803 g/mol. The predicted octanol–water partition coefficient (Wildman–Crippen LogP) is 11.9. The molecule has 0 aliphatic rings. The van der Waals surface area contributed by atoms with Gasteiger partial charge in [0.15, 0.2) is 17.5 Å². The Balaban J connectivity index is 1.27. The Kier molecular flexibility index (Phi) is 9.52. The highest BCUT2D eigenvalue weighted by molar-refractivity contribution is 6.11. The van der Waals surface area contributed by atoms with E-state index in [1.54, 1.807) is 30.5 Å². The Morgan fingerprint density at radius 3 is 1.38 bits per heavy atom. The second kappa shape index (κ2) is 15.9. The maximum Gasteiger partial charge on any atom is 0.164 e. The van der Waals surface area contributed by atoms with E-state index in [2.05, 4.69) is 59.2 Å². The molecule has 0 saturated carbocycles. The van der Waals surface area contributed by atoms with Gasteiger partial charge in [-0.3, -0.25) is 4.98 Å². The lowest BCUT2D eigenvalue weighted by Gasteiger charge is -2.16. The first kappa shape index (κ1) is 37.7. The molecule has 10 rings (SSSR count). The second-order valence-corrected chi connectivity index (χ2v) is 14.8. The number of benzene rings is 7. The van der Waals surface area contributed by atoms with Crippen LogP contribution < -0.4 is 0 Å². The molecule has 10 aromatic rings. The van der Waals surface area contributed by atoms with Crippen molar-refractivity contribution >= 4 is 21.8 Å². The molecule has 0 amide bonds. The lowest BCUT2D eigenvalue weighted by Crippen LogP contribution is -2.03. The van der Waals surface area contributed by atoms with Crippen LogP contribution in [0.25, 0.3) is 95.2 Å². The normalized spacial score (nSPS) is 10.8. The molecule has 0 aliphatic heterocycles. The van der Waals surface area contributed by atoms with Gasteiger partial charge in [-0.05, 0) is 89.0 Å². The first-order valence-corrected chi connectivity index (χ1v) is 19.9. The van der Waals surface area contributed by atoms with E-state index in [0.717, 1.165) is 66.6 Å². The standard InChI is InChI=1S/C54H29N9/c55-30-34-14-19-43(40(25-34)32-57)38-16-21-46-47-22-17-39(44-20-15-35(31-56)26-41(44)33-58)28-51(47)63(50(46)27-38)42-18-23-45(49-13-7-8-24-59-49)48(29-42)54-61-52(36-9-3-1-4-10-36)60-53(62-54)37-11-5-2-6-12-37/h1-29H. The van der Waals surface area contributed by atoms with Crippen LogP contribution in [0.15, 0.2) is 176 Å². The highest BCUT2D eigenvalue weighted by Crippen LogP contribution is 2.40. The van der Waals surface area contributed by atoms with E-state index in [9.17, 15) is 21.0 Å². The fraction of sp³-hybridized carbons (Fsp3) is 0. The minimum Gasteiger partial charge on any atom is -0.309 e. The van der Waals surface area contributed by atoms with Crippen LogP contribution in [0.5, 0.6) is 0 Å². The quantitative estimate of drug-likeness (QED) is 0.154. The minimum atomic E-state index is 0.392. The SMILES string of the molecule is N#Cc1ccc(-c2ccc3c4ccc(-c5ccc(C#N)cc5C#N)cc4n(-c4ccc(-c5ccccn5)c(-c5nc(-c6ccccc6)nc(-c6ccccc6)n5)c4)c3c2)c(C#N)c1. The largest absolute Gasteiger partial charge is 0.309 e. The van der Waals surface area contributed by atoms with Crippen LogP contribution in [-0.4, -0.2) is 24.5 Å². The number of pyridine rings is 1. The van der Waals surface area contributed by atoms with E-state index in [1.165, 1.54) is 0 Å². The molecule has 0 atom stereocenters. The molecule has 3 heterocycles. The zero-order chi connectivity index (χ0) is 42.9. The van der Waals surface area contributed by atoms with Gasteiger partial charge < -0.3 is 4.57 Å². The number of nitrogens with zero attached hydrogens (tertiary/aromatic N) is 9. The molecule has 0 radical (unpaired) electrons. The third-order valence-corrected chi connectivity index (χ3v) is 11.1. The summed E-state index contributed by atoms with van der Waals surface area (Å²) in [4.78, 5) is 20.0. The Labute approximate surface area is 362 Å². The molecule has 7 aromatic carbocycles. The molecule has 0 N–H and O–H groups in total. The summed E-state index contributed by atoms with van der Waals surface area (Å²) in [6.07, 6.45) is 1.76. The van der Waals surface area contributed by atoms with Crippen molar-refractivity contribution in [3.8, 4) is 97.6 Å². The van der Waals surface area contributed by atoms with Crippen molar-refractivity contribution in [3.63, 3.8) is 0 Å². The number of aromatic nitrogens is 5. The average molecular weight is 804 g/mol. The third-order valence-electron chi connectivity index (χ3n) is 11.1. The van der Waals surface area contributed by atoms with E-state index in [4.69, 9.17) is 19.9 Å². The highest BCUT2D eigenvalue weighted by atomic mass is 15.0. The van der Waals surface area contributed by atoms with Crippen LogP contribution in [0.1, 0.15) is 22.3 Å². The summed E-state index contributed by atoms with van der Waals surface area (Å²) in [7, 11) is 0. The van der Waals surface area contributed by atoms with Gasteiger partial charge >= 0.3 is 0 Å². The molecule has 0 saturated heterocycles. The van der Waals surface area contributed by atoms with Gasteiger partial charge in [0.25, 0.3) is 0 Å². The number of nitriles is 4. The van der Waals surface area contributed by atoms with E-state index >= 15 is 0 Å². The molecule has 0 fully saturated rings. The predicted molar refractivity (Wildman–Crippen MR) is 243 cm³/mol. The number of fused-ring (bicyclic) bond motifs is 3. The summed E-state index contributed by atoms with van der Waals surface area (Å²) in [5.74, 6) is 1.50. The Hall–Kier alpha value is -9.54. The zero-order valence-corrected chi connectivity index (χ0v) is 33.3. The van der Waals surface area contributed by atoms with E-state index in [0.29, 0.717) is 50.9 Å². The van der Waals surface area contributed by atoms with Gasteiger partial charge in [-0.1, -0.05) is 103 Å². The van der Waals surface area contributed by atoms with Crippen LogP contribution >= 0.6 is 0 Å². The van der Waals surface area contributed by atoms with Gasteiger partial charge in [-0.2, -0.15) is 21.0 Å². The summed E-state index contributed by atoms with van der Waals surface area (Å²) < 4.78 is 2.17. The third kappa shape index (κ3) is 6.87. The number of hydrogen-bond donors (Lipinski definition) is 0. The molecule has 9 nitrogen and oxygen atoms in total. The maximum atomic E-state index is 10.2. The van der Waals surface area contributed by atoms with Crippen LogP contribution in [-0.2, 0) is 0 Å². The first-order valence-electron chi connectivity index (χ1n) is 19.9. The van der Waals surface area contributed by atoms with Crippen LogP contribution in [0.2, 0.25) is 0 Å². The fourth-order valence-electron chi connectivity index (χ4n) is 8.08. The smallest absolute Gasteiger partial charge is 0.164 e. The molecule has 3 aromatic heterocycles. The summed E-state index contributed by atoms with van der Waals surface area (Å²) in [6.45, 7) is 0. The fourth-order valence-corrected chi connectivity index (χ4v) is 8.08. The van der Waals surface area contributed by atoms with Gasteiger partial charge in [-0.25, -0.2) is 15.0 Å². The molecule has 63 heavy (non-hydrogen) atoms. The molecule has 9 heteroatoms. The summed E-state index contributed by atoms with van der Waals surface area (Å²) >= 11 is 0. The number of rotatable bonds is 7. The van der Waals surface area contributed by atoms with Gasteiger partial charge in [0.2, 0.25) is 0 Å². The zero-order valence-electron chi connectivity index (χ0n) is 33.3. The molecule has 0 bridgehead atoms. The van der Waals surface area contributed by atoms with Crippen molar-refractivity contribution in [1.82, 2.24) is 24.5 Å². The van der Waals surface area contributed by atoms with Gasteiger partial charge in [0.1, 0.15) is 0 Å². The molecule has 0 unspecified atom stereocenters. The summed E-state index contributed by atoms with van der Waals surface area (Å²) in [5, 5.41) is 41.5. The summed E-state index contributed by atoms with van der Waals surface area (Å²) in [6, 6.07) is 63.0. The van der Waals surface area contributed by atoms with Crippen molar-refractivity contribution in [2.24, 2.45) is 0 Å². The highest BCUT2D eigenvalue weighted by Gasteiger charge is 2.21. The molecular formula is C54H29N9. The minimum absolute atomic E-state index is 0.392. The maximum absolute atomic E-state index is 10.2. The molecule has 290 valence electrons. The Morgan fingerprint density at radius 2 is 0.889 bits per heavy atom. The van der Waals surface area contributed by atoms with Crippen molar-refractivity contribution < 1.29 is 0 Å². The topological polar surface area (TPSA) is 152 Å². The molecular weight excluding hydrogens is 775 g/mol. The molecule has 0 aliphatic carbocycles. The van der Waals surface area contributed by atoms with E-state index in [-0.39, 0.29) is 0 Å². The van der Waals surface area contributed by atoms with E-state index < -0.39 is 0 Å². The lowest BCUT2D eigenvalue weighted by atomic mass is 9.96. The average Bonchev–Trinajstić information content (AvgIpc) is 3.69. The van der Waals surface area contributed by atoms with Crippen molar-refractivity contribution in [1.29, 1.82) is 21.0 Å². The van der Waals surface area contributed by atoms with Gasteiger partial charge in [0, 0.05) is 44.9 Å². The van der Waals surface area contributed by atoms with Crippen LogP contribution in [0, 0.1) is 45.3 Å². The van der Waals surface area contributed by atoms with Crippen molar-refractivity contribution in [3.05, 3.63) is 198 Å².